The van der Waals surface area contributed by atoms with Crippen molar-refractivity contribution < 1.29 is 4.79 Å². The van der Waals surface area contributed by atoms with Crippen LogP contribution in [0.15, 0.2) is 18.2 Å². The molecule has 1 aliphatic rings. The van der Waals surface area contributed by atoms with Gasteiger partial charge in [0.05, 0.1) is 5.92 Å². The molecule has 1 aromatic carbocycles. The van der Waals surface area contributed by atoms with Crippen molar-refractivity contribution in [2.75, 3.05) is 7.05 Å². The second-order valence-corrected chi connectivity index (χ2v) is 4.70. The first kappa shape index (κ1) is 12.1. The van der Waals surface area contributed by atoms with Crippen LogP contribution in [-0.4, -0.2) is 13.0 Å². The summed E-state index contributed by atoms with van der Waals surface area (Å²) >= 11 is 0. The average molecular weight is 232 g/mol. The molecule has 0 spiro atoms. The van der Waals surface area contributed by atoms with Gasteiger partial charge < -0.3 is 0 Å². The molecule has 3 nitrogen and oxygen atoms in total. The third kappa shape index (κ3) is 2.67. The van der Waals surface area contributed by atoms with Gasteiger partial charge in [-0.1, -0.05) is 18.2 Å². The Hall–Kier alpha value is -1.35. The summed E-state index contributed by atoms with van der Waals surface area (Å²) in [5, 5.41) is 0. The molecule has 1 atom stereocenters. The van der Waals surface area contributed by atoms with Crippen molar-refractivity contribution in [2.24, 2.45) is 0 Å². The molecule has 0 bridgehead atoms. The number of rotatable bonds is 3. The van der Waals surface area contributed by atoms with E-state index in [1.807, 2.05) is 6.92 Å². The summed E-state index contributed by atoms with van der Waals surface area (Å²) in [7, 11) is 1.71. The van der Waals surface area contributed by atoms with E-state index in [1.165, 1.54) is 30.4 Å². The molecule has 2 N–H and O–H groups in total. The first-order valence-electron chi connectivity index (χ1n) is 6.30. The number of benzene rings is 1. The molecular weight excluding hydrogens is 212 g/mol. The standard InChI is InChI=1S/C14H20N2O/c1-10(14(17)16-15-2)12-8-7-11-5-3-4-6-13(11)9-12/h7-10,15H,3-6H2,1-2H3,(H,16,17). The van der Waals surface area contributed by atoms with E-state index in [4.69, 9.17) is 0 Å². The molecule has 0 fully saturated rings. The van der Waals surface area contributed by atoms with Crippen LogP contribution in [0.25, 0.3) is 0 Å². The number of aryl methyl sites for hydroxylation is 2. The summed E-state index contributed by atoms with van der Waals surface area (Å²) in [5.41, 5.74) is 9.31. The summed E-state index contributed by atoms with van der Waals surface area (Å²) in [4.78, 5) is 11.7. The van der Waals surface area contributed by atoms with E-state index in [9.17, 15) is 4.79 Å². The van der Waals surface area contributed by atoms with Crippen molar-refractivity contribution in [3.05, 3.63) is 34.9 Å². The summed E-state index contributed by atoms with van der Waals surface area (Å²) in [6.07, 6.45) is 4.91. The van der Waals surface area contributed by atoms with Gasteiger partial charge in [-0.15, -0.1) is 0 Å². The summed E-state index contributed by atoms with van der Waals surface area (Å²) in [6, 6.07) is 6.48. The molecule has 0 heterocycles. The lowest BCUT2D eigenvalue weighted by Crippen LogP contribution is -2.37. The molecule has 1 aliphatic carbocycles. The fraction of sp³-hybridized carbons (Fsp3) is 0.500. The van der Waals surface area contributed by atoms with Crippen molar-refractivity contribution in [3.63, 3.8) is 0 Å². The molecule has 0 saturated carbocycles. The zero-order valence-corrected chi connectivity index (χ0v) is 10.5. The largest absolute Gasteiger partial charge is 0.291 e. The average Bonchev–Trinajstić information content (AvgIpc) is 2.37. The fourth-order valence-corrected chi connectivity index (χ4v) is 2.41. The highest BCUT2D eigenvalue weighted by molar-refractivity contribution is 5.82. The van der Waals surface area contributed by atoms with Crippen LogP contribution in [0.1, 0.15) is 42.4 Å². The predicted octanol–water partition coefficient (Wildman–Crippen LogP) is 1.92. The Morgan fingerprint density at radius 2 is 1.94 bits per heavy atom. The normalized spacial score (nSPS) is 16.1. The van der Waals surface area contributed by atoms with Crippen LogP contribution in [0.4, 0.5) is 0 Å². The minimum absolute atomic E-state index is 0.0169. The molecular formula is C14H20N2O. The molecule has 0 radical (unpaired) electrons. The SMILES string of the molecule is CNNC(=O)C(C)c1ccc2c(c1)CCCC2. The first-order chi connectivity index (χ1) is 8.22. The van der Waals surface area contributed by atoms with Gasteiger partial charge in [0.1, 0.15) is 0 Å². The predicted molar refractivity (Wildman–Crippen MR) is 68.7 cm³/mol. The van der Waals surface area contributed by atoms with E-state index in [1.54, 1.807) is 7.05 Å². The summed E-state index contributed by atoms with van der Waals surface area (Å²) in [5.74, 6) is -0.0852. The lowest BCUT2D eigenvalue weighted by Gasteiger charge is -2.19. The van der Waals surface area contributed by atoms with E-state index in [0.29, 0.717) is 0 Å². The van der Waals surface area contributed by atoms with E-state index < -0.39 is 0 Å². The first-order valence-corrected chi connectivity index (χ1v) is 6.30. The van der Waals surface area contributed by atoms with Crippen LogP contribution in [0.5, 0.6) is 0 Å². The second kappa shape index (κ2) is 5.32. The molecule has 92 valence electrons. The van der Waals surface area contributed by atoms with Crippen molar-refractivity contribution >= 4 is 5.91 Å². The zero-order valence-electron chi connectivity index (χ0n) is 10.5. The second-order valence-electron chi connectivity index (χ2n) is 4.70. The van der Waals surface area contributed by atoms with Crippen LogP contribution in [-0.2, 0) is 17.6 Å². The maximum absolute atomic E-state index is 11.7. The lowest BCUT2D eigenvalue weighted by molar-refractivity contribution is -0.123. The number of hydrogen-bond donors (Lipinski definition) is 2. The third-order valence-electron chi connectivity index (χ3n) is 3.51. The van der Waals surface area contributed by atoms with Gasteiger partial charge in [-0.3, -0.25) is 10.2 Å². The van der Waals surface area contributed by atoms with Gasteiger partial charge in [-0.05, 0) is 49.3 Å². The van der Waals surface area contributed by atoms with Crippen LogP contribution in [0, 0.1) is 0 Å². The van der Waals surface area contributed by atoms with Crippen LogP contribution in [0.2, 0.25) is 0 Å². The quantitative estimate of drug-likeness (QED) is 0.782. The maximum Gasteiger partial charge on any atom is 0.241 e. The number of carbonyl (C=O) groups excluding carboxylic acids is 1. The fourth-order valence-electron chi connectivity index (χ4n) is 2.41. The van der Waals surface area contributed by atoms with E-state index in [0.717, 1.165) is 12.0 Å². The monoisotopic (exact) mass is 232 g/mol. The van der Waals surface area contributed by atoms with E-state index in [2.05, 4.69) is 29.1 Å². The highest BCUT2D eigenvalue weighted by Gasteiger charge is 2.17. The van der Waals surface area contributed by atoms with Crippen molar-refractivity contribution in [3.8, 4) is 0 Å². The Labute approximate surface area is 103 Å². The van der Waals surface area contributed by atoms with E-state index in [-0.39, 0.29) is 11.8 Å². The number of fused-ring (bicyclic) bond motifs is 1. The maximum atomic E-state index is 11.7. The van der Waals surface area contributed by atoms with Crippen LogP contribution < -0.4 is 10.9 Å². The van der Waals surface area contributed by atoms with Gasteiger partial charge in [0.15, 0.2) is 0 Å². The van der Waals surface area contributed by atoms with Gasteiger partial charge in [0, 0.05) is 7.05 Å². The van der Waals surface area contributed by atoms with Gasteiger partial charge >= 0.3 is 0 Å². The molecule has 0 saturated heterocycles. The zero-order chi connectivity index (χ0) is 12.3. The number of nitrogens with one attached hydrogen (secondary N) is 2. The molecule has 0 aromatic heterocycles. The van der Waals surface area contributed by atoms with E-state index >= 15 is 0 Å². The molecule has 0 aliphatic heterocycles. The topological polar surface area (TPSA) is 41.1 Å². The number of amides is 1. The highest BCUT2D eigenvalue weighted by atomic mass is 16.2. The molecule has 3 heteroatoms. The van der Waals surface area contributed by atoms with Crippen LogP contribution >= 0.6 is 0 Å². The molecule has 17 heavy (non-hydrogen) atoms. The lowest BCUT2D eigenvalue weighted by atomic mass is 9.88. The third-order valence-corrected chi connectivity index (χ3v) is 3.51. The Morgan fingerprint density at radius 3 is 2.65 bits per heavy atom. The Kier molecular flexibility index (Phi) is 3.79. The van der Waals surface area contributed by atoms with Gasteiger partial charge in [-0.25, -0.2) is 5.43 Å². The van der Waals surface area contributed by atoms with Crippen LogP contribution in [0.3, 0.4) is 0 Å². The van der Waals surface area contributed by atoms with Gasteiger partial charge in [0.2, 0.25) is 5.91 Å². The van der Waals surface area contributed by atoms with Gasteiger partial charge in [0.25, 0.3) is 0 Å². The minimum atomic E-state index is -0.102. The number of hydrazine groups is 1. The number of carbonyl (C=O) groups is 1. The molecule has 1 unspecified atom stereocenters. The molecule has 1 amide bonds. The number of hydrogen-bond acceptors (Lipinski definition) is 2. The summed E-state index contributed by atoms with van der Waals surface area (Å²) < 4.78 is 0. The van der Waals surface area contributed by atoms with Crippen molar-refractivity contribution in [1.82, 2.24) is 10.9 Å². The Morgan fingerprint density at radius 1 is 1.24 bits per heavy atom. The Bertz CT molecular complexity index is 415. The van der Waals surface area contributed by atoms with Gasteiger partial charge in [-0.2, -0.15) is 0 Å². The molecule has 1 aromatic rings. The van der Waals surface area contributed by atoms with Crippen molar-refractivity contribution in [2.45, 2.75) is 38.5 Å². The smallest absolute Gasteiger partial charge is 0.241 e. The highest BCUT2D eigenvalue weighted by Crippen LogP contribution is 2.25. The van der Waals surface area contributed by atoms with Crippen molar-refractivity contribution in [1.29, 1.82) is 0 Å². The Balaban J connectivity index is 2.18. The molecule has 2 rings (SSSR count). The summed E-state index contributed by atoms with van der Waals surface area (Å²) in [6.45, 7) is 1.94. The minimum Gasteiger partial charge on any atom is -0.291 e.